The molecule has 0 spiro atoms. The standard InChI is InChI=1S/C18H17N3O4S/c22-26(23,15-6-7-16-17(12-15)25-11-10-24-16)20-18-8-9-21(19-18)13-14-4-2-1-3-5-14/h1-9,12H,10-11,13H2,(H,19,20). The zero-order valence-corrected chi connectivity index (χ0v) is 14.6. The minimum absolute atomic E-state index is 0.0966. The molecule has 0 atom stereocenters. The van der Waals surface area contributed by atoms with Gasteiger partial charge in [-0.2, -0.15) is 5.10 Å². The summed E-state index contributed by atoms with van der Waals surface area (Å²) >= 11 is 0. The molecule has 2 aromatic carbocycles. The highest BCUT2D eigenvalue weighted by atomic mass is 32.2. The summed E-state index contributed by atoms with van der Waals surface area (Å²) in [6.07, 6.45) is 1.73. The number of nitrogens with one attached hydrogen (secondary N) is 1. The maximum atomic E-state index is 12.6. The number of hydrogen-bond acceptors (Lipinski definition) is 5. The first-order valence-corrected chi connectivity index (χ1v) is 9.58. The molecule has 0 saturated carbocycles. The van der Waals surface area contributed by atoms with Crippen LogP contribution in [0.15, 0.2) is 65.7 Å². The van der Waals surface area contributed by atoms with Gasteiger partial charge in [-0.05, 0) is 17.7 Å². The third-order valence-electron chi connectivity index (χ3n) is 3.89. The second-order valence-electron chi connectivity index (χ2n) is 5.80. The molecule has 0 fully saturated rings. The average Bonchev–Trinajstić information content (AvgIpc) is 3.08. The second kappa shape index (κ2) is 6.72. The molecule has 2 heterocycles. The van der Waals surface area contributed by atoms with Gasteiger partial charge in [0.2, 0.25) is 0 Å². The second-order valence-corrected chi connectivity index (χ2v) is 7.48. The summed E-state index contributed by atoms with van der Waals surface area (Å²) < 4.78 is 40.2. The van der Waals surface area contributed by atoms with Gasteiger partial charge in [-0.25, -0.2) is 8.42 Å². The fourth-order valence-electron chi connectivity index (χ4n) is 2.66. The fraction of sp³-hybridized carbons (Fsp3) is 0.167. The normalized spacial score (nSPS) is 13.4. The molecular weight excluding hydrogens is 354 g/mol. The molecule has 3 aromatic rings. The molecule has 0 amide bonds. The van der Waals surface area contributed by atoms with Crippen molar-refractivity contribution in [3.8, 4) is 11.5 Å². The van der Waals surface area contributed by atoms with Crippen LogP contribution in [0.5, 0.6) is 11.5 Å². The first-order chi connectivity index (χ1) is 12.6. The SMILES string of the molecule is O=S(=O)(Nc1ccn(Cc2ccccc2)n1)c1ccc2c(c1)OCCO2. The Morgan fingerprint density at radius 1 is 1.00 bits per heavy atom. The summed E-state index contributed by atoms with van der Waals surface area (Å²) in [5, 5.41) is 4.27. The lowest BCUT2D eigenvalue weighted by molar-refractivity contribution is 0.171. The molecule has 1 N–H and O–H groups in total. The van der Waals surface area contributed by atoms with Crippen LogP contribution in [-0.4, -0.2) is 31.4 Å². The van der Waals surface area contributed by atoms with E-state index in [1.165, 1.54) is 12.1 Å². The number of anilines is 1. The fourth-order valence-corrected chi connectivity index (χ4v) is 3.67. The van der Waals surface area contributed by atoms with E-state index >= 15 is 0 Å². The Bertz CT molecular complexity index is 1020. The molecule has 26 heavy (non-hydrogen) atoms. The molecule has 0 saturated heterocycles. The maximum Gasteiger partial charge on any atom is 0.263 e. The first kappa shape index (κ1) is 16.5. The van der Waals surface area contributed by atoms with Crippen LogP contribution < -0.4 is 14.2 Å². The molecule has 0 bridgehead atoms. The van der Waals surface area contributed by atoms with Crippen LogP contribution >= 0.6 is 0 Å². The lowest BCUT2D eigenvalue weighted by Gasteiger charge is -2.18. The van der Waals surface area contributed by atoms with Crippen molar-refractivity contribution in [3.63, 3.8) is 0 Å². The van der Waals surface area contributed by atoms with Gasteiger partial charge in [0.05, 0.1) is 11.4 Å². The van der Waals surface area contributed by atoms with Crippen molar-refractivity contribution in [2.45, 2.75) is 11.4 Å². The Labute approximate surface area is 151 Å². The van der Waals surface area contributed by atoms with E-state index in [-0.39, 0.29) is 10.7 Å². The molecule has 4 rings (SSSR count). The topological polar surface area (TPSA) is 82.5 Å². The Morgan fingerprint density at radius 3 is 2.58 bits per heavy atom. The molecule has 8 heteroatoms. The number of benzene rings is 2. The predicted molar refractivity (Wildman–Crippen MR) is 96.0 cm³/mol. The van der Waals surface area contributed by atoms with Crippen LogP contribution in [0.4, 0.5) is 5.82 Å². The monoisotopic (exact) mass is 371 g/mol. The molecule has 0 radical (unpaired) electrons. The van der Waals surface area contributed by atoms with Crippen LogP contribution in [0.25, 0.3) is 0 Å². The molecule has 7 nitrogen and oxygen atoms in total. The largest absolute Gasteiger partial charge is 0.486 e. The third kappa shape index (κ3) is 3.50. The highest BCUT2D eigenvalue weighted by molar-refractivity contribution is 7.92. The number of ether oxygens (including phenoxy) is 2. The summed E-state index contributed by atoms with van der Waals surface area (Å²) in [4.78, 5) is 0.0966. The van der Waals surface area contributed by atoms with Crippen molar-refractivity contribution < 1.29 is 17.9 Å². The molecule has 1 aliphatic rings. The van der Waals surface area contributed by atoms with Crippen molar-refractivity contribution in [3.05, 3.63) is 66.4 Å². The van der Waals surface area contributed by atoms with Gasteiger partial charge in [0.15, 0.2) is 17.3 Å². The van der Waals surface area contributed by atoms with Gasteiger partial charge in [0, 0.05) is 18.3 Å². The third-order valence-corrected chi connectivity index (χ3v) is 5.24. The van der Waals surface area contributed by atoms with E-state index in [4.69, 9.17) is 9.47 Å². The highest BCUT2D eigenvalue weighted by Gasteiger charge is 2.20. The van der Waals surface area contributed by atoms with E-state index in [1.54, 1.807) is 23.0 Å². The Hall–Kier alpha value is -3.00. The number of hydrogen-bond donors (Lipinski definition) is 1. The summed E-state index contributed by atoms with van der Waals surface area (Å²) in [5.41, 5.74) is 1.08. The number of aromatic nitrogens is 2. The highest BCUT2D eigenvalue weighted by Crippen LogP contribution is 2.32. The molecule has 1 aromatic heterocycles. The summed E-state index contributed by atoms with van der Waals surface area (Å²) in [6, 6.07) is 16.0. The molecule has 134 valence electrons. The Kier molecular flexibility index (Phi) is 4.26. The lowest BCUT2D eigenvalue weighted by Crippen LogP contribution is -2.17. The summed E-state index contributed by atoms with van der Waals surface area (Å²) in [5.74, 6) is 1.23. The van der Waals surface area contributed by atoms with Crippen molar-refractivity contribution >= 4 is 15.8 Å². The van der Waals surface area contributed by atoms with E-state index in [0.29, 0.717) is 31.3 Å². The van der Waals surface area contributed by atoms with Gasteiger partial charge in [0.1, 0.15) is 13.2 Å². The Balaban J connectivity index is 1.51. The van der Waals surface area contributed by atoms with E-state index in [9.17, 15) is 8.42 Å². The molecule has 0 aliphatic carbocycles. The number of fused-ring (bicyclic) bond motifs is 1. The molecular formula is C18H17N3O4S. The van der Waals surface area contributed by atoms with Crippen molar-refractivity contribution in [2.75, 3.05) is 17.9 Å². The molecule has 0 unspecified atom stereocenters. The predicted octanol–water partition coefficient (Wildman–Crippen LogP) is 2.50. The van der Waals surface area contributed by atoms with E-state index < -0.39 is 10.0 Å². The van der Waals surface area contributed by atoms with E-state index in [1.807, 2.05) is 30.3 Å². The van der Waals surface area contributed by atoms with Gasteiger partial charge in [-0.1, -0.05) is 30.3 Å². The lowest BCUT2D eigenvalue weighted by atomic mass is 10.2. The maximum absolute atomic E-state index is 12.6. The minimum Gasteiger partial charge on any atom is -0.486 e. The molecule has 1 aliphatic heterocycles. The van der Waals surface area contributed by atoms with Crippen LogP contribution in [0.3, 0.4) is 0 Å². The minimum atomic E-state index is -3.77. The van der Waals surface area contributed by atoms with Crippen LogP contribution in [0, 0.1) is 0 Å². The van der Waals surface area contributed by atoms with Crippen LogP contribution in [-0.2, 0) is 16.6 Å². The van der Waals surface area contributed by atoms with E-state index in [0.717, 1.165) is 5.56 Å². The van der Waals surface area contributed by atoms with Gasteiger partial charge < -0.3 is 9.47 Å². The van der Waals surface area contributed by atoms with Crippen molar-refractivity contribution in [2.24, 2.45) is 0 Å². The summed E-state index contributed by atoms with van der Waals surface area (Å²) in [7, 11) is -3.77. The first-order valence-electron chi connectivity index (χ1n) is 8.10. The smallest absolute Gasteiger partial charge is 0.263 e. The van der Waals surface area contributed by atoms with Crippen molar-refractivity contribution in [1.29, 1.82) is 0 Å². The van der Waals surface area contributed by atoms with Crippen LogP contribution in [0.2, 0.25) is 0 Å². The van der Waals surface area contributed by atoms with Gasteiger partial charge >= 0.3 is 0 Å². The average molecular weight is 371 g/mol. The van der Waals surface area contributed by atoms with Crippen molar-refractivity contribution in [1.82, 2.24) is 9.78 Å². The quantitative estimate of drug-likeness (QED) is 0.745. The number of rotatable bonds is 5. The van der Waals surface area contributed by atoms with Crippen LogP contribution in [0.1, 0.15) is 5.56 Å². The number of nitrogens with zero attached hydrogens (tertiary/aromatic N) is 2. The zero-order valence-electron chi connectivity index (χ0n) is 13.8. The van der Waals surface area contributed by atoms with Gasteiger partial charge in [0.25, 0.3) is 10.0 Å². The Morgan fingerprint density at radius 2 is 1.77 bits per heavy atom. The van der Waals surface area contributed by atoms with E-state index in [2.05, 4.69) is 9.82 Å². The van der Waals surface area contributed by atoms with Gasteiger partial charge in [-0.15, -0.1) is 0 Å². The van der Waals surface area contributed by atoms with Gasteiger partial charge in [-0.3, -0.25) is 9.40 Å². The summed E-state index contributed by atoms with van der Waals surface area (Å²) in [6.45, 7) is 1.41. The number of sulfonamides is 1. The zero-order chi connectivity index (χ0) is 18.0.